The predicted octanol–water partition coefficient (Wildman–Crippen LogP) is 3.46. The van der Waals surface area contributed by atoms with Crippen LogP contribution in [0, 0.1) is 6.92 Å². The van der Waals surface area contributed by atoms with Gasteiger partial charge in [0.15, 0.2) is 0 Å². The van der Waals surface area contributed by atoms with Crippen LogP contribution in [0.5, 0.6) is 0 Å². The molecule has 2 rings (SSSR count). The van der Waals surface area contributed by atoms with Crippen molar-refractivity contribution in [1.82, 2.24) is 0 Å². The summed E-state index contributed by atoms with van der Waals surface area (Å²) in [6.07, 6.45) is 1.66. The van der Waals surface area contributed by atoms with Crippen LogP contribution >= 0.6 is 15.9 Å². The first kappa shape index (κ1) is 12.2. The molecule has 0 aliphatic rings. The van der Waals surface area contributed by atoms with E-state index in [1.54, 1.807) is 6.26 Å². The Morgan fingerprint density at radius 3 is 2.88 bits per heavy atom. The number of nitrogens with two attached hydrogens (primary N) is 1. The maximum absolute atomic E-state index is 5.76. The number of halogens is 1. The zero-order valence-electron chi connectivity index (χ0n) is 9.61. The SMILES string of the molecule is Cc1ccc(Br)c(NC(CN)c2ccco2)c1. The van der Waals surface area contributed by atoms with E-state index in [1.165, 1.54) is 5.56 Å². The molecule has 0 radical (unpaired) electrons. The van der Waals surface area contributed by atoms with Crippen molar-refractivity contribution in [2.75, 3.05) is 11.9 Å². The Bertz CT molecular complexity index is 482. The molecule has 3 N–H and O–H groups in total. The minimum Gasteiger partial charge on any atom is -0.467 e. The number of rotatable bonds is 4. The molecule has 17 heavy (non-hydrogen) atoms. The van der Waals surface area contributed by atoms with E-state index in [1.807, 2.05) is 18.2 Å². The molecule has 0 amide bonds. The zero-order valence-corrected chi connectivity index (χ0v) is 11.2. The van der Waals surface area contributed by atoms with E-state index in [0.717, 1.165) is 15.9 Å². The van der Waals surface area contributed by atoms with Gasteiger partial charge in [0.2, 0.25) is 0 Å². The Morgan fingerprint density at radius 2 is 2.24 bits per heavy atom. The molecular weight excluding hydrogens is 280 g/mol. The third-order valence-electron chi connectivity index (χ3n) is 2.57. The minimum absolute atomic E-state index is 0.0110. The van der Waals surface area contributed by atoms with Gasteiger partial charge in [-0.1, -0.05) is 6.07 Å². The van der Waals surface area contributed by atoms with Gasteiger partial charge in [-0.2, -0.15) is 0 Å². The smallest absolute Gasteiger partial charge is 0.127 e. The summed E-state index contributed by atoms with van der Waals surface area (Å²) < 4.78 is 6.39. The Kier molecular flexibility index (Phi) is 3.86. The summed E-state index contributed by atoms with van der Waals surface area (Å²) in [6.45, 7) is 2.54. The number of hydrogen-bond donors (Lipinski definition) is 2. The summed E-state index contributed by atoms with van der Waals surface area (Å²) in [4.78, 5) is 0. The number of aryl methyl sites for hydroxylation is 1. The highest BCUT2D eigenvalue weighted by Crippen LogP contribution is 2.27. The topological polar surface area (TPSA) is 51.2 Å². The van der Waals surface area contributed by atoms with Crippen LogP contribution in [0.15, 0.2) is 45.5 Å². The number of hydrogen-bond acceptors (Lipinski definition) is 3. The Labute approximate surface area is 109 Å². The van der Waals surface area contributed by atoms with Gasteiger partial charge in [-0.3, -0.25) is 0 Å². The standard InChI is InChI=1S/C13H15BrN2O/c1-9-4-5-10(14)11(7-9)16-12(8-15)13-3-2-6-17-13/h2-7,12,16H,8,15H2,1H3. The van der Waals surface area contributed by atoms with Crippen LogP contribution in [0.4, 0.5) is 5.69 Å². The second-order valence-electron chi connectivity index (χ2n) is 3.93. The van der Waals surface area contributed by atoms with Crippen LogP contribution in [0.1, 0.15) is 17.4 Å². The largest absolute Gasteiger partial charge is 0.467 e. The summed E-state index contributed by atoms with van der Waals surface area (Å²) in [6, 6.07) is 9.94. The molecule has 0 bridgehead atoms. The second kappa shape index (κ2) is 5.38. The lowest BCUT2D eigenvalue weighted by atomic mass is 10.2. The van der Waals surface area contributed by atoms with Crippen LogP contribution in [-0.4, -0.2) is 6.54 Å². The lowest BCUT2D eigenvalue weighted by molar-refractivity contribution is 0.481. The molecule has 90 valence electrons. The van der Waals surface area contributed by atoms with Crippen molar-refractivity contribution in [3.8, 4) is 0 Å². The fraction of sp³-hybridized carbons (Fsp3) is 0.231. The lowest BCUT2D eigenvalue weighted by Crippen LogP contribution is -2.20. The van der Waals surface area contributed by atoms with Gasteiger partial charge in [-0.05, 0) is 52.7 Å². The highest BCUT2D eigenvalue weighted by molar-refractivity contribution is 9.10. The summed E-state index contributed by atoms with van der Waals surface area (Å²) in [5.74, 6) is 0.848. The molecule has 2 aromatic rings. The first-order valence-corrected chi connectivity index (χ1v) is 6.26. The van der Waals surface area contributed by atoms with Crippen molar-refractivity contribution in [3.63, 3.8) is 0 Å². The average molecular weight is 295 g/mol. The molecule has 4 heteroatoms. The number of benzene rings is 1. The van der Waals surface area contributed by atoms with Crippen LogP contribution < -0.4 is 11.1 Å². The van der Waals surface area contributed by atoms with Gasteiger partial charge >= 0.3 is 0 Å². The summed E-state index contributed by atoms with van der Waals surface area (Å²) in [7, 11) is 0. The number of anilines is 1. The lowest BCUT2D eigenvalue weighted by Gasteiger charge is -2.17. The Balaban J connectivity index is 2.21. The fourth-order valence-corrected chi connectivity index (χ4v) is 2.03. The van der Waals surface area contributed by atoms with E-state index in [4.69, 9.17) is 10.2 Å². The van der Waals surface area contributed by atoms with Crippen molar-refractivity contribution in [2.24, 2.45) is 5.73 Å². The molecule has 0 fully saturated rings. The normalized spacial score (nSPS) is 12.4. The van der Waals surface area contributed by atoms with Gasteiger partial charge in [0.05, 0.1) is 12.3 Å². The highest BCUT2D eigenvalue weighted by atomic mass is 79.9. The molecule has 1 atom stereocenters. The van der Waals surface area contributed by atoms with Crippen LogP contribution in [0.2, 0.25) is 0 Å². The average Bonchev–Trinajstić information content (AvgIpc) is 2.84. The molecule has 1 unspecified atom stereocenters. The Morgan fingerprint density at radius 1 is 1.41 bits per heavy atom. The van der Waals surface area contributed by atoms with Crippen molar-refractivity contribution in [3.05, 3.63) is 52.4 Å². The summed E-state index contributed by atoms with van der Waals surface area (Å²) in [5.41, 5.74) is 7.99. The van der Waals surface area contributed by atoms with Gasteiger partial charge in [-0.15, -0.1) is 0 Å². The quantitative estimate of drug-likeness (QED) is 0.908. The first-order valence-electron chi connectivity index (χ1n) is 5.47. The van der Waals surface area contributed by atoms with E-state index in [0.29, 0.717) is 6.54 Å². The van der Waals surface area contributed by atoms with Crippen LogP contribution in [0.25, 0.3) is 0 Å². The molecule has 0 aliphatic carbocycles. The third-order valence-corrected chi connectivity index (χ3v) is 3.27. The zero-order chi connectivity index (χ0) is 12.3. The van der Waals surface area contributed by atoms with E-state index in [9.17, 15) is 0 Å². The highest BCUT2D eigenvalue weighted by Gasteiger charge is 2.13. The first-order chi connectivity index (χ1) is 8.20. The molecule has 0 saturated carbocycles. The van der Waals surface area contributed by atoms with Gasteiger partial charge in [0, 0.05) is 16.7 Å². The van der Waals surface area contributed by atoms with Gasteiger partial charge in [0.1, 0.15) is 5.76 Å². The molecule has 1 aromatic heterocycles. The second-order valence-corrected chi connectivity index (χ2v) is 4.79. The van der Waals surface area contributed by atoms with Gasteiger partial charge in [0.25, 0.3) is 0 Å². The monoisotopic (exact) mass is 294 g/mol. The molecule has 3 nitrogen and oxygen atoms in total. The molecule has 1 heterocycles. The van der Waals surface area contributed by atoms with Gasteiger partial charge in [-0.25, -0.2) is 0 Å². The molecule has 0 saturated heterocycles. The maximum Gasteiger partial charge on any atom is 0.127 e. The summed E-state index contributed by atoms with van der Waals surface area (Å²) >= 11 is 3.52. The van der Waals surface area contributed by atoms with Gasteiger partial charge < -0.3 is 15.5 Å². The number of nitrogens with one attached hydrogen (secondary N) is 1. The van der Waals surface area contributed by atoms with Crippen LogP contribution in [0.3, 0.4) is 0 Å². The van der Waals surface area contributed by atoms with Crippen molar-refractivity contribution >= 4 is 21.6 Å². The third kappa shape index (κ3) is 2.90. The van der Waals surface area contributed by atoms with Crippen molar-refractivity contribution < 1.29 is 4.42 Å². The van der Waals surface area contributed by atoms with E-state index in [-0.39, 0.29) is 6.04 Å². The van der Waals surface area contributed by atoms with Crippen molar-refractivity contribution in [1.29, 1.82) is 0 Å². The summed E-state index contributed by atoms with van der Waals surface area (Å²) in [5, 5.41) is 3.37. The minimum atomic E-state index is -0.0110. The molecule has 0 spiro atoms. The fourth-order valence-electron chi connectivity index (χ4n) is 1.67. The van der Waals surface area contributed by atoms with Crippen molar-refractivity contribution in [2.45, 2.75) is 13.0 Å². The Hall–Kier alpha value is -1.26. The van der Waals surface area contributed by atoms with E-state index >= 15 is 0 Å². The van der Waals surface area contributed by atoms with E-state index in [2.05, 4.69) is 40.3 Å². The number of furan rings is 1. The molecule has 0 aliphatic heterocycles. The molecular formula is C13H15BrN2O. The molecule has 1 aromatic carbocycles. The van der Waals surface area contributed by atoms with Crippen LogP contribution in [-0.2, 0) is 0 Å². The van der Waals surface area contributed by atoms with E-state index < -0.39 is 0 Å². The maximum atomic E-state index is 5.76. The predicted molar refractivity (Wildman–Crippen MR) is 73.0 cm³/mol.